The van der Waals surface area contributed by atoms with Crippen molar-refractivity contribution in [2.24, 2.45) is 17.6 Å². The van der Waals surface area contributed by atoms with Crippen molar-refractivity contribution in [1.82, 2.24) is 4.90 Å². The normalized spacial score (nSPS) is 26.8. The van der Waals surface area contributed by atoms with Crippen LogP contribution in [-0.4, -0.2) is 68.5 Å². The number of Topliss-reactive ketones (excluding diaryl/α,β-unsaturated/α-hetero) is 2. The Morgan fingerprint density at radius 1 is 1.08 bits per heavy atom. The largest absolute Gasteiger partial charge is 0.510 e. The number of aliphatic hydroxyl groups excluding tert-OH is 2. The highest BCUT2D eigenvalue weighted by Gasteiger charge is 2.63. The Balaban J connectivity index is 1.70. The second-order valence-electron chi connectivity index (χ2n) is 10.5. The van der Waals surface area contributed by atoms with Crippen LogP contribution in [0.5, 0.6) is 5.75 Å². The molecule has 0 heterocycles. The minimum Gasteiger partial charge on any atom is -0.510 e. The Kier molecular flexibility index (Phi) is 5.96. The van der Waals surface area contributed by atoms with Gasteiger partial charge in [0.15, 0.2) is 11.4 Å². The highest BCUT2D eigenvalue weighted by atomic mass is 16.3. The monoisotopic (exact) mass is 518 g/mol. The number of nitrogens with two attached hydrogens (primary N) is 1. The lowest BCUT2D eigenvalue weighted by Crippen LogP contribution is -2.63. The van der Waals surface area contributed by atoms with Gasteiger partial charge in [0.1, 0.15) is 22.8 Å². The number of aliphatic hydroxyl groups is 3. The van der Waals surface area contributed by atoms with E-state index in [1.54, 1.807) is 20.2 Å². The number of likely N-dealkylation sites (N-methyl/N-ethyl adjacent to an activating group) is 1. The van der Waals surface area contributed by atoms with E-state index in [2.05, 4.69) is 6.92 Å². The van der Waals surface area contributed by atoms with Crippen molar-refractivity contribution in [3.63, 3.8) is 0 Å². The summed E-state index contributed by atoms with van der Waals surface area (Å²) in [5, 5.41) is 44.6. The predicted molar refractivity (Wildman–Crippen MR) is 138 cm³/mol. The molecule has 5 rings (SSSR count). The number of phenols is 1. The van der Waals surface area contributed by atoms with Gasteiger partial charge in [0.05, 0.1) is 11.6 Å². The zero-order valence-electron chi connectivity index (χ0n) is 21.4. The van der Waals surface area contributed by atoms with Crippen molar-refractivity contribution in [2.45, 2.75) is 37.8 Å². The molecule has 4 unspecified atom stereocenters. The predicted octanol–water partition coefficient (Wildman–Crippen LogP) is 2.35. The standard InChI is InChI=1S/C29H30N2O7/c1-4-13-5-7-14(8-6-13)16-9-10-19(32)21-17(16)11-15-12-18-23(31(2)3)25(34)22(28(30)37)27(36)29(18,38)26(35)20(15)24(21)33/h5-10,15,18,23,32,34-35,38H,4,11-12H2,1-3H3,(H2,30,37). The van der Waals surface area contributed by atoms with Gasteiger partial charge in [0.25, 0.3) is 5.91 Å². The Bertz CT molecular complexity index is 1450. The second-order valence-corrected chi connectivity index (χ2v) is 10.5. The molecule has 0 aromatic heterocycles. The topological polar surface area (TPSA) is 161 Å². The molecule has 2 aromatic carbocycles. The number of aromatic hydroxyl groups is 1. The maximum atomic E-state index is 13.8. The van der Waals surface area contributed by atoms with Crippen molar-refractivity contribution < 1.29 is 34.8 Å². The van der Waals surface area contributed by atoms with E-state index < -0.39 is 58.0 Å². The zero-order valence-corrected chi connectivity index (χ0v) is 21.4. The van der Waals surface area contributed by atoms with Gasteiger partial charge in [-0.3, -0.25) is 19.3 Å². The van der Waals surface area contributed by atoms with Crippen molar-refractivity contribution in [1.29, 1.82) is 0 Å². The fraction of sp³-hybridized carbons (Fsp3) is 0.345. The van der Waals surface area contributed by atoms with E-state index >= 15 is 0 Å². The van der Waals surface area contributed by atoms with E-state index in [4.69, 9.17) is 5.73 Å². The molecule has 9 heteroatoms. The molecule has 4 atom stereocenters. The van der Waals surface area contributed by atoms with E-state index in [0.717, 1.165) is 23.1 Å². The first-order valence-electron chi connectivity index (χ1n) is 12.5. The van der Waals surface area contributed by atoms with Crippen LogP contribution in [0, 0.1) is 11.8 Å². The molecule has 0 aliphatic heterocycles. The zero-order chi connectivity index (χ0) is 27.7. The van der Waals surface area contributed by atoms with E-state index in [-0.39, 0.29) is 29.7 Å². The first-order chi connectivity index (χ1) is 17.9. The van der Waals surface area contributed by atoms with Gasteiger partial charge in [-0.2, -0.15) is 0 Å². The van der Waals surface area contributed by atoms with Crippen LogP contribution in [0.3, 0.4) is 0 Å². The van der Waals surface area contributed by atoms with Gasteiger partial charge >= 0.3 is 0 Å². The molecule has 1 amide bonds. The number of phenolic OH excluding ortho intramolecular Hbond substituents is 1. The van der Waals surface area contributed by atoms with Crippen molar-refractivity contribution in [2.75, 3.05) is 14.1 Å². The number of fused-ring (bicyclic) bond motifs is 3. The third kappa shape index (κ3) is 3.42. The Morgan fingerprint density at radius 2 is 1.74 bits per heavy atom. The summed E-state index contributed by atoms with van der Waals surface area (Å²) in [4.78, 5) is 40.8. The van der Waals surface area contributed by atoms with E-state index in [1.165, 1.54) is 11.0 Å². The maximum absolute atomic E-state index is 13.8. The Morgan fingerprint density at radius 3 is 2.32 bits per heavy atom. The first kappa shape index (κ1) is 25.7. The molecular formula is C29H30N2O7. The number of hydrogen-bond acceptors (Lipinski definition) is 8. The average molecular weight is 519 g/mol. The lowest BCUT2D eigenvalue weighted by atomic mass is 9.58. The van der Waals surface area contributed by atoms with Crippen molar-refractivity contribution in [3.05, 3.63) is 75.8 Å². The Hall–Kier alpha value is -3.95. The lowest BCUT2D eigenvalue weighted by molar-refractivity contribution is -0.148. The van der Waals surface area contributed by atoms with Crippen molar-refractivity contribution >= 4 is 17.5 Å². The molecular weight excluding hydrogens is 488 g/mol. The SMILES string of the molecule is CCc1ccc(-c2ccc(O)c3c2CC2CC4C(N(C)C)C(O)=C(C(N)=O)C(=O)C4(O)C(O)=C2C3=O)cc1. The summed E-state index contributed by atoms with van der Waals surface area (Å²) >= 11 is 0. The molecule has 0 bridgehead atoms. The van der Waals surface area contributed by atoms with Crippen molar-refractivity contribution in [3.8, 4) is 16.9 Å². The summed E-state index contributed by atoms with van der Waals surface area (Å²) in [7, 11) is 3.20. The smallest absolute Gasteiger partial charge is 0.255 e. The molecule has 0 fully saturated rings. The Labute approximate surface area is 219 Å². The van der Waals surface area contributed by atoms with Gasteiger partial charge in [-0.25, -0.2) is 0 Å². The van der Waals surface area contributed by atoms with Crippen LogP contribution < -0.4 is 5.73 Å². The van der Waals surface area contributed by atoms with Crippen LogP contribution in [0.4, 0.5) is 0 Å². The number of hydrogen-bond donors (Lipinski definition) is 5. The van der Waals surface area contributed by atoms with Gasteiger partial charge in [0, 0.05) is 11.5 Å². The number of rotatable bonds is 4. The summed E-state index contributed by atoms with van der Waals surface area (Å²) in [5.74, 6) is -6.59. The molecule has 38 heavy (non-hydrogen) atoms. The molecule has 6 N–H and O–H groups in total. The molecule has 3 aliphatic rings. The van der Waals surface area contributed by atoms with Gasteiger partial charge in [0.2, 0.25) is 5.78 Å². The molecule has 0 radical (unpaired) electrons. The highest BCUT2D eigenvalue weighted by Crippen LogP contribution is 2.53. The first-order valence-corrected chi connectivity index (χ1v) is 12.5. The van der Waals surface area contributed by atoms with E-state index in [1.807, 2.05) is 24.3 Å². The molecule has 198 valence electrons. The van der Waals surface area contributed by atoms with Crippen LogP contribution in [0.1, 0.15) is 34.8 Å². The van der Waals surface area contributed by atoms with Crippen LogP contribution in [-0.2, 0) is 22.4 Å². The van der Waals surface area contributed by atoms with E-state index in [9.17, 15) is 34.8 Å². The summed E-state index contributed by atoms with van der Waals surface area (Å²) in [5.41, 5.74) is 5.11. The number of nitrogens with zero attached hydrogens (tertiary/aromatic N) is 1. The number of amides is 1. The van der Waals surface area contributed by atoms with E-state index in [0.29, 0.717) is 5.56 Å². The number of benzene rings is 2. The molecule has 0 saturated heterocycles. The molecule has 0 spiro atoms. The average Bonchev–Trinajstić information content (AvgIpc) is 2.86. The molecule has 3 aliphatic carbocycles. The summed E-state index contributed by atoms with van der Waals surface area (Å²) in [6.07, 6.45) is 1.17. The fourth-order valence-corrected chi connectivity index (χ4v) is 6.44. The van der Waals surface area contributed by atoms with Gasteiger partial charge in [-0.05, 0) is 67.6 Å². The van der Waals surface area contributed by atoms with Crippen LogP contribution in [0.15, 0.2) is 59.1 Å². The van der Waals surface area contributed by atoms with Gasteiger partial charge in [-0.15, -0.1) is 0 Å². The molecule has 9 nitrogen and oxygen atoms in total. The minimum absolute atomic E-state index is 0.00264. The minimum atomic E-state index is -2.65. The van der Waals surface area contributed by atoms with Gasteiger partial charge < -0.3 is 26.2 Å². The third-order valence-corrected chi connectivity index (χ3v) is 8.28. The maximum Gasteiger partial charge on any atom is 0.255 e. The second kappa shape index (κ2) is 8.82. The number of ketones is 2. The van der Waals surface area contributed by atoms with Crippen LogP contribution in [0.25, 0.3) is 11.1 Å². The number of carbonyl (C=O) groups is 3. The summed E-state index contributed by atoms with van der Waals surface area (Å²) < 4.78 is 0. The third-order valence-electron chi connectivity index (χ3n) is 8.28. The highest BCUT2D eigenvalue weighted by molar-refractivity contribution is 6.24. The number of allylic oxidation sites excluding steroid dienone is 1. The number of carbonyl (C=O) groups excluding carboxylic acids is 3. The van der Waals surface area contributed by atoms with Crippen LogP contribution in [0.2, 0.25) is 0 Å². The number of aryl methyl sites for hydroxylation is 1. The summed E-state index contributed by atoms with van der Waals surface area (Å²) in [6.45, 7) is 2.05. The molecule has 2 aromatic rings. The lowest BCUT2D eigenvalue weighted by Gasteiger charge is -2.50. The van der Waals surface area contributed by atoms with Gasteiger partial charge in [-0.1, -0.05) is 37.3 Å². The molecule has 0 saturated carbocycles. The quantitative estimate of drug-likeness (QED) is 0.385. The summed E-state index contributed by atoms with van der Waals surface area (Å²) in [6, 6.07) is 10.0. The number of primary amides is 1. The fourth-order valence-electron chi connectivity index (χ4n) is 6.44. The van der Waals surface area contributed by atoms with Crippen LogP contribution >= 0.6 is 0 Å².